The average Bonchev–Trinajstić information content (AvgIpc) is 2.65. The molecule has 0 spiro atoms. The summed E-state index contributed by atoms with van der Waals surface area (Å²) in [5, 5.41) is -0.0659. The molecule has 0 atom stereocenters. The molecule has 0 aliphatic carbocycles. The number of sulfonamides is 1. The first-order valence-electron chi connectivity index (χ1n) is 5.09. The summed E-state index contributed by atoms with van der Waals surface area (Å²) in [7, 11) is -1.97. The predicted molar refractivity (Wildman–Crippen MR) is 59.6 cm³/mol. The first-order chi connectivity index (χ1) is 7.95. The summed E-state index contributed by atoms with van der Waals surface area (Å²) >= 11 is 0. The molecule has 0 saturated carbocycles. The second kappa shape index (κ2) is 5.78. The fraction of sp³-hybridized carbons (Fsp3) is 0.556. The number of hydrogen-bond donors (Lipinski definition) is 1. The fourth-order valence-corrected chi connectivity index (χ4v) is 2.13. The molecule has 0 fully saturated rings. The van der Waals surface area contributed by atoms with Gasteiger partial charge in [-0.2, -0.15) is 0 Å². The number of rotatable bonds is 6. The van der Waals surface area contributed by atoms with E-state index in [1.807, 2.05) is 0 Å². The fourth-order valence-electron chi connectivity index (χ4n) is 1.12. The summed E-state index contributed by atoms with van der Waals surface area (Å²) in [6.45, 7) is 1.97. The van der Waals surface area contributed by atoms with E-state index >= 15 is 0 Å². The molecular formula is C9H15N3O4S. The molecule has 0 amide bonds. The van der Waals surface area contributed by atoms with Gasteiger partial charge >= 0.3 is 5.97 Å². The number of nitrogens with zero attached hydrogens (tertiary/aromatic N) is 2. The molecule has 17 heavy (non-hydrogen) atoms. The van der Waals surface area contributed by atoms with E-state index in [-0.39, 0.29) is 24.6 Å². The van der Waals surface area contributed by atoms with E-state index in [1.165, 1.54) is 17.1 Å². The number of hydrogen-bond acceptors (Lipinski definition) is 5. The highest BCUT2D eigenvalue weighted by atomic mass is 32.2. The van der Waals surface area contributed by atoms with Crippen LogP contribution in [-0.4, -0.2) is 37.1 Å². The molecule has 0 aliphatic heterocycles. The van der Waals surface area contributed by atoms with Gasteiger partial charge in [0.25, 0.3) is 10.0 Å². The SMILES string of the molecule is CCOC(=O)CCNS(=O)(=O)c1cn(C)cn1. The van der Waals surface area contributed by atoms with Crippen LogP contribution in [0.2, 0.25) is 0 Å². The highest BCUT2D eigenvalue weighted by Crippen LogP contribution is 2.03. The standard InChI is InChI=1S/C9H15N3O4S/c1-3-16-9(13)4-5-11-17(14,15)8-6-12(2)7-10-8/h6-7,11H,3-5H2,1-2H3. The Morgan fingerprint density at radius 3 is 2.82 bits per heavy atom. The van der Waals surface area contributed by atoms with Crippen LogP contribution >= 0.6 is 0 Å². The largest absolute Gasteiger partial charge is 0.466 e. The second-order valence-corrected chi connectivity index (χ2v) is 5.04. The van der Waals surface area contributed by atoms with Crippen molar-refractivity contribution < 1.29 is 17.9 Å². The van der Waals surface area contributed by atoms with Gasteiger partial charge in [0, 0.05) is 19.8 Å². The van der Waals surface area contributed by atoms with Gasteiger partial charge in [-0.25, -0.2) is 18.1 Å². The van der Waals surface area contributed by atoms with Crippen LogP contribution in [0.1, 0.15) is 13.3 Å². The zero-order valence-corrected chi connectivity index (χ0v) is 10.5. The smallest absolute Gasteiger partial charge is 0.307 e. The third-order valence-electron chi connectivity index (χ3n) is 1.88. The Morgan fingerprint density at radius 2 is 2.29 bits per heavy atom. The lowest BCUT2D eigenvalue weighted by Gasteiger charge is -2.03. The van der Waals surface area contributed by atoms with Crippen LogP contribution in [0, 0.1) is 0 Å². The highest BCUT2D eigenvalue weighted by molar-refractivity contribution is 7.89. The maximum Gasteiger partial charge on any atom is 0.307 e. The van der Waals surface area contributed by atoms with Crippen LogP contribution in [0.15, 0.2) is 17.6 Å². The number of esters is 1. The van der Waals surface area contributed by atoms with Gasteiger partial charge in [0.15, 0.2) is 5.03 Å². The zero-order valence-electron chi connectivity index (χ0n) is 9.71. The van der Waals surface area contributed by atoms with E-state index < -0.39 is 16.0 Å². The van der Waals surface area contributed by atoms with Crippen LogP contribution < -0.4 is 4.72 Å². The van der Waals surface area contributed by atoms with Crippen molar-refractivity contribution in [3.8, 4) is 0 Å². The van der Waals surface area contributed by atoms with E-state index in [9.17, 15) is 13.2 Å². The van der Waals surface area contributed by atoms with Gasteiger partial charge in [-0.15, -0.1) is 0 Å². The van der Waals surface area contributed by atoms with E-state index in [0.717, 1.165) is 0 Å². The van der Waals surface area contributed by atoms with Crippen LogP contribution in [0.25, 0.3) is 0 Å². The number of carbonyl (C=O) groups excluding carboxylic acids is 1. The Labute approximate surface area is 99.8 Å². The van der Waals surface area contributed by atoms with Crippen LogP contribution in [0.3, 0.4) is 0 Å². The number of aromatic nitrogens is 2. The van der Waals surface area contributed by atoms with Crippen LogP contribution in [0.4, 0.5) is 0 Å². The normalized spacial score (nSPS) is 11.4. The van der Waals surface area contributed by atoms with E-state index in [4.69, 9.17) is 0 Å². The molecule has 96 valence electrons. The van der Waals surface area contributed by atoms with E-state index in [0.29, 0.717) is 0 Å². The topological polar surface area (TPSA) is 90.3 Å². The van der Waals surface area contributed by atoms with Crippen molar-refractivity contribution >= 4 is 16.0 Å². The van der Waals surface area contributed by atoms with Crippen LogP contribution in [-0.2, 0) is 26.6 Å². The van der Waals surface area contributed by atoms with Crippen molar-refractivity contribution in [1.82, 2.24) is 14.3 Å². The van der Waals surface area contributed by atoms with Gasteiger partial charge in [0.05, 0.1) is 19.4 Å². The molecule has 7 nitrogen and oxygen atoms in total. The molecule has 0 saturated heterocycles. The predicted octanol–water partition coefficient (Wildman–Crippen LogP) is -0.348. The maximum absolute atomic E-state index is 11.6. The third kappa shape index (κ3) is 4.16. The lowest BCUT2D eigenvalue weighted by atomic mass is 10.4. The molecule has 0 aliphatic rings. The highest BCUT2D eigenvalue weighted by Gasteiger charge is 2.16. The first kappa shape index (κ1) is 13.7. The number of aryl methyl sites for hydroxylation is 1. The number of carbonyl (C=O) groups is 1. The van der Waals surface area contributed by atoms with Crippen molar-refractivity contribution in [3.05, 3.63) is 12.5 Å². The molecule has 0 unspecified atom stereocenters. The zero-order chi connectivity index (χ0) is 12.9. The molecule has 1 aromatic heterocycles. The molecule has 0 bridgehead atoms. The Kier molecular flexibility index (Phi) is 4.64. The molecule has 1 N–H and O–H groups in total. The summed E-state index contributed by atoms with van der Waals surface area (Å²) in [5.41, 5.74) is 0. The second-order valence-electron chi connectivity index (χ2n) is 3.33. The molecular weight excluding hydrogens is 246 g/mol. The Balaban J connectivity index is 2.49. The van der Waals surface area contributed by atoms with Gasteiger partial charge in [-0.1, -0.05) is 0 Å². The Morgan fingerprint density at radius 1 is 1.59 bits per heavy atom. The maximum atomic E-state index is 11.6. The van der Waals surface area contributed by atoms with E-state index in [1.54, 1.807) is 14.0 Å². The summed E-state index contributed by atoms with van der Waals surface area (Å²) in [6.07, 6.45) is 2.77. The van der Waals surface area contributed by atoms with E-state index in [2.05, 4.69) is 14.4 Å². The minimum absolute atomic E-state index is 0.0000957. The van der Waals surface area contributed by atoms with Crippen molar-refractivity contribution in [1.29, 1.82) is 0 Å². The molecule has 8 heteroatoms. The van der Waals surface area contributed by atoms with Crippen LogP contribution in [0.5, 0.6) is 0 Å². The summed E-state index contributed by atoms with van der Waals surface area (Å²) < 4.78 is 31.8. The minimum atomic E-state index is -3.64. The summed E-state index contributed by atoms with van der Waals surface area (Å²) in [5.74, 6) is -0.434. The molecule has 0 aromatic carbocycles. The van der Waals surface area contributed by atoms with Crippen molar-refractivity contribution in [2.75, 3.05) is 13.2 Å². The lowest BCUT2D eigenvalue weighted by Crippen LogP contribution is -2.27. The van der Waals surface area contributed by atoms with Gasteiger partial charge in [0.2, 0.25) is 0 Å². The van der Waals surface area contributed by atoms with Gasteiger partial charge in [0.1, 0.15) is 0 Å². The summed E-state index contributed by atoms with van der Waals surface area (Å²) in [6, 6.07) is 0. The quantitative estimate of drug-likeness (QED) is 0.707. The molecule has 1 heterocycles. The Bertz CT molecular complexity index is 480. The van der Waals surface area contributed by atoms with Crippen molar-refractivity contribution in [3.63, 3.8) is 0 Å². The average molecular weight is 261 g/mol. The number of nitrogens with one attached hydrogen (secondary N) is 1. The first-order valence-corrected chi connectivity index (χ1v) is 6.57. The van der Waals surface area contributed by atoms with Gasteiger partial charge < -0.3 is 9.30 Å². The molecule has 1 rings (SSSR count). The minimum Gasteiger partial charge on any atom is -0.466 e. The third-order valence-corrected chi connectivity index (χ3v) is 3.23. The van der Waals surface area contributed by atoms with Gasteiger partial charge in [-0.3, -0.25) is 4.79 Å². The summed E-state index contributed by atoms with van der Waals surface area (Å²) in [4.78, 5) is 14.7. The number of ether oxygens (including phenoxy) is 1. The monoisotopic (exact) mass is 261 g/mol. The molecule has 1 aromatic rings. The van der Waals surface area contributed by atoms with Gasteiger partial charge in [-0.05, 0) is 6.92 Å². The number of imidazole rings is 1. The van der Waals surface area contributed by atoms with Crippen molar-refractivity contribution in [2.24, 2.45) is 7.05 Å². The Hall–Kier alpha value is -1.41. The lowest BCUT2D eigenvalue weighted by molar-refractivity contribution is -0.142. The van der Waals surface area contributed by atoms with Crippen molar-refractivity contribution in [2.45, 2.75) is 18.4 Å². The molecule has 0 radical (unpaired) electrons.